The molecule has 0 bridgehead atoms. The van der Waals surface area contributed by atoms with E-state index in [0.29, 0.717) is 12.8 Å². The molecule has 0 saturated carbocycles. The number of carbonyl (C=O) groups excluding carboxylic acids is 2. The fourth-order valence-electron chi connectivity index (χ4n) is 0.970. The number of rotatable bonds is 2. The molecule has 0 radical (unpaired) electrons. The first kappa shape index (κ1) is 6.26. The van der Waals surface area contributed by atoms with Crippen LogP contribution in [0.15, 0.2) is 0 Å². The summed E-state index contributed by atoms with van der Waals surface area (Å²) in [6.45, 7) is 0. The van der Waals surface area contributed by atoms with Crippen molar-refractivity contribution >= 4 is 12.2 Å². The first-order chi connectivity index (χ1) is 4.33. The predicted molar refractivity (Wildman–Crippen MR) is 31.8 cm³/mol. The van der Waals surface area contributed by atoms with Gasteiger partial charge in [0.05, 0.1) is 0 Å². The number of nitrogens with one attached hydrogen (secondary N) is 1. The highest BCUT2D eigenvalue weighted by Gasteiger charge is 2.19. The maximum absolute atomic E-state index is 10.5. The summed E-state index contributed by atoms with van der Waals surface area (Å²) in [5.41, 5.74) is 0. The Hall–Kier alpha value is -0.860. The first-order valence-electron chi connectivity index (χ1n) is 3.06. The molecule has 0 spiro atoms. The average Bonchev–Trinajstić information content (AvgIpc) is 2.17. The van der Waals surface area contributed by atoms with Crippen molar-refractivity contribution in [3.8, 4) is 0 Å². The van der Waals surface area contributed by atoms with Crippen LogP contribution in [0, 0.1) is 0 Å². The molecule has 0 aliphatic carbocycles. The van der Waals surface area contributed by atoms with E-state index >= 15 is 0 Å². The van der Waals surface area contributed by atoms with Crippen molar-refractivity contribution in [1.29, 1.82) is 0 Å². The van der Waals surface area contributed by atoms with Crippen LogP contribution in [0.1, 0.15) is 19.3 Å². The predicted octanol–water partition coefficient (Wildman–Crippen LogP) is -0.146. The number of aldehydes is 1. The molecular formula is C6H9NO2. The maximum Gasteiger partial charge on any atom is 0.220 e. The Morgan fingerprint density at radius 3 is 3.00 bits per heavy atom. The smallest absolute Gasteiger partial charge is 0.220 e. The molecular weight excluding hydrogens is 118 g/mol. The zero-order chi connectivity index (χ0) is 6.69. The third-order valence-corrected chi connectivity index (χ3v) is 1.47. The summed E-state index contributed by atoms with van der Waals surface area (Å²) in [7, 11) is 0. The number of amides is 1. The second-order valence-corrected chi connectivity index (χ2v) is 2.21. The molecule has 1 aliphatic heterocycles. The second kappa shape index (κ2) is 2.62. The molecule has 1 rings (SSSR count). The van der Waals surface area contributed by atoms with E-state index in [1.807, 2.05) is 0 Å². The zero-order valence-corrected chi connectivity index (χ0v) is 5.09. The van der Waals surface area contributed by atoms with E-state index in [-0.39, 0.29) is 11.9 Å². The summed E-state index contributed by atoms with van der Waals surface area (Å²) >= 11 is 0. The van der Waals surface area contributed by atoms with Gasteiger partial charge in [-0.15, -0.1) is 0 Å². The molecule has 1 unspecified atom stereocenters. The maximum atomic E-state index is 10.5. The number of hydrogen-bond acceptors (Lipinski definition) is 2. The summed E-state index contributed by atoms with van der Waals surface area (Å²) in [6, 6.07) is 0.120. The van der Waals surface area contributed by atoms with Gasteiger partial charge in [0, 0.05) is 18.9 Å². The van der Waals surface area contributed by atoms with E-state index in [0.717, 1.165) is 12.7 Å². The Bertz CT molecular complexity index is 133. The molecule has 0 aromatic carbocycles. The Balaban J connectivity index is 2.29. The van der Waals surface area contributed by atoms with Crippen LogP contribution < -0.4 is 5.32 Å². The minimum Gasteiger partial charge on any atom is -0.353 e. The van der Waals surface area contributed by atoms with Gasteiger partial charge in [-0.2, -0.15) is 0 Å². The van der Waals surface area contributed by atoms with Crippen molar-refractivity contribution in [1.82, 2.24) is 5.32 Å². The van der Waals surface area contributed by atoms with Crippen molar-refractivity contribution in [2.75, 3.05) is 0 Å². The fraction of sp³-hybridized carbons (Fsp3) is 0.667. The van der Waals surface area contributed by atoms with Gasteiger partial charge in [-0.05, 0) is 6.42 Å². The van der Waals surface area contributed by atoms with Gasteiger partial charge in [-0.25, -0.2) is 0 Å². The van der Waals surface area contributed by atoms with Gasteiger partial charge in [0.1, 0.15) is 6.29 Å². The van der Waals surface area contributed by atoms with Crippen LogP contribution in [-0.4, -0.2) is 18.2 Å². The molecule has 1 amide bonds. The topological polar surface area (TPSA) is 46.2 Å². The molecule has 1 saturated heterocycles. The van der Waals surface area contributed by atoms with Crippen LogP contribution in [0.3, 0.4) is 0 Å². The summed E-state index contributed by atoms with van der Waals surface area (Å²) in [5.74, 6) is 0.0712. The lowest BCUT2D eigenvalue weighted by Gasteiger charge is -2.01. The van der Waals surface area contributed by atoms with Crippen molar-refractivity contribution in [2.45, 2.75) is 25.3 Å². The molecule has 9 heavy (non-hydrogen) atoms. The summed E-state index contributed by atoms with van der Waals surface area (Å²) in [6.07, 6.45) is 2.71. The van der Waals surface area contributed by atoms with Crippen LogP contribution in [0.25, 0.3) is 0 Å². The van der Waals surface area contributed by atoms with Crippen LogP contribution >= 0.6 is 0 Å². The molecule has 1 heterocycles. The van der Waals surface area contributed by atoms with E-state index < -0.39 is 0 Å². The highest BCUT2D eigenvalue weighted by atomic mass is 16.2. The highest BCUT2D eigenvalue weighted by Crippen LogP contribution is 2.07. The van der Waals surface area contributed by atoms with Gasteiger partial charge < -0.3 is 10.1 Å². The zero-order valence-electron chi connectivity index (χ0n) is 5.09. The normalized spacial score (nSPS) is 25.8. The summed E-state index contributed by atoms with van der Waals surface area (Å²) < 4.78 is 0. The summed E-state index contributed by atoms with van der Waals surface area (Å²) in [4.78, 5) is 20.4. The Kier molecular flexibility index (Phi) is 1.82. The molecule has 50 valence electrons. The monoisotopic (exact) mass is 127 g/mol. The van der Waals surface area contributed by atoms with Crippen LogP contribution in [-0.2, 0) is 9.59 Å². The van der Waals surface area contributed by atoms with E-state index in [4.69, 9.17) is 0 Å². The van der Waals surface area contributed by atoms with Crippen LogP contribution in [0.2, 0.25) is 0 Å². The third-order valence-electron chi connectivity index (χ3n) is 1.47. The fourth-order valence-corrected chi connectivity index (χ4v) is 0.970. The van der Waals surface area contributed by atoms with Crippen molar-refractivity contribution in [2.24, 2.45) is 0 Å². The average molecular weight is 127 g/mol. The lowest BCUT2D eigenvalue weighted by Crippen LogP contribution is -2.25. The number of hydrogen-bond donors (Lipinski definition) is 1. The minimum atomic E-state index is 0.0712. The Morgan fingerprint density at radius 2 is 2.56 bits per heavy atom. The SMILES string of the molecule is O=CCC1CCC(=O)N1. The van der Waals surface area contributed by atoms with Gasteiger partial charge in [0.15, 0.2) is 0 Å². The van der Waals surface area contributed by atoms with Gasteiger partial charge in [-0.3, -0.25) is 4.79 Å². The lowest BCUT2D eigenvalue weighted by molar-refractivity contribution is -0.119. The molecule has 1 fully saturated rings. The standard InChI is InChI=1S/C6H9NO2/c8-4-3-5-1-2-6(9)7-5/h4-5H,1-3H2,(H,7,9). The second-order valence-electron chi connectivity index (χ2n) is 2.21. The van der Waals surface area contributed by atoms with Crippen molar-refractivity contribution < 1.29 is 9.59 Å². The molecule has 1 atom stereocenters. The highest BCUT2D eigenvalue weighted by molar-refractivity contribution is 5.78. The summed E-state index contributed by atoms with van der Waals surface area (Å²) in [5, 5.41) is 2.68. The van der Waals surface area contributed by atoms with E-state index in [1.54, 1.807) is 0 Å². The van der Waals surface area contributed by atoms with Crippen molar-refractivity contribution in [3.05, 3.63) is 0 Å². The van der Waals surface area contributed by atoms with Gasteiger partial charge >= 0.3 is 0 Å². The number of carbonyl (C=O) groups is 2. The van der Waals surface area contributed by atoms with Crippen LogP contribution in [0.4, 0.5) is 0 Å². The van der Waals surface area contributed by atoms with Gasteiger partial charge in [-0.1, -0.05) is 0 Å². The van der Waals surface area contributed by atoms with Crippen LogP contribution in [0.5, 0.6) is 0 Å². The largest absolute Gasteiger partial charge is 0.353 e. The first-order valence-corrected chi connectivity index (χ1v) is 3.06. The molecule has 1 N–H and O–H groups in total. The van der Waals surface area contributed by atoms with E-state index in [9.17, 15) is 9.59 Å². The van der Waals surface area contributed by atoms with Crippen molar-refractivity contribution in [3.63, 3.8) is 0 Å². The molecule has 0 aromatic rings. The molecule has 3 nitrogen and oxygen atoms in total. The Morgan fingerprint density at radius 1 is 1.78 bits per heavy atom. The third kappa shape index (κ3) is 1.52. The van der Waals surface area contributed by atoms with E-state index in [1.165, 1.54) is 0 Å². The molecule has 1 aliphatic rings. The van der Waals surface area contributed by atoms with Gasteiger partial charge in [0.25, 0.3) is 0 Å². The lowest BCUT2D eigenvalue weighted by atomic mass is 10.2. The Labute approximate surface area is 53.4 Å². The van der Waals surface area contributed by atoms with Gasteiger partial charge in [0.2, 0.25) is 5.91 Å². The molecule has 0 aromatic heterocycles. The molecule has 3 heteroatoms. The quantitative estimate of drug-likeness (QED) is 0.524. The van der Waals surface area contributed by atoms with E-state index in [2.05, 4.69) is 5.32 Å². The minimum absolute atomic E-state index is 0.0712.